The Morgan fingerprint density at radius 3 is 2.63 bits per heavy atom. The molecule has 1 saturated heterocycles. The van der Waals surface area contributed by atoms with Crippen LogP contribution in [-0.2, 0) is 0 Å². The smallest absolute Gasteiger partial charge is 0.341 e. The standard InChI is InChI=1S/C20H22F3N3O4/c1-20(24)8-25(6-9(20)5-21)16-13(23)3-10-15(18(16)30-2)26(14-4-12(14)22)7-11(17(10)27)19(28)29/h3,7,9,12,14H,4-6,8,24H2,1-2H3,(H,28,29)/t9-,12+,14?,20+/m1/s1. The number of halogens is 3. The van der Waals surface area contributed by atoms with Gasteiger partial charge in [0.15, 0.2) is 11.6 Å². The number of aromatic nitrogens is 1. The minimum Gasteiger partial charge on any atom is -0.492 e. The Labute approximate surface area is 169 Å². The van der Waals surface area contributed by atoms with E-state index in [1.165, 1.54) is 11.7 Å². The van der Waals surface area contributed by atoms with Gasteiger partial charge in [-0.05, 0) is 13.0 Å². The molecule has 0 amide bonds. The molecule has 10 heteroatoms. The van der Waals surface area contributed by atoms with Crippen molar-refractivity contribution >= 4 is 22.6 Å². The fourth-order valence-corrected chi connectivity index (χ4v) is 4.26. The Morgan fingerprint density at radius 1 is 1.47 bits per heavy atom. The number of hydrogen-bond acceptors (Lipinski definition) is 5. The fourth-order valence-electron chi connectivity index (χ4n) is 4.26. The zero-order chi connectivity index (χ0) is 22.0. The lowest BCUT2D eigenvalue weighted by atomic mass is 9.92. The molecule has 3 N–H and O–H groups in total. The van der Waals surface area contributed by atoms with Crippen molar-refractivity contribution in [2.24, 2.45) is 11.7 Å². The second-order valence-electron chi connectivity index (χ2n) is 8.28. The third-order valence-corrected chi connectivity index (χ3v) is 6.08. The molecule has 1 aliphatic heterocycles. The maximum Gasteiger partial charge on any atom is 0.341 e. The number of hydrogen-bond donors (Lipinski definition) is 2. The van der Waals surface area contributed by atoms with Gasteiger partial charge in [-0.3, -0.25) is 9.18 Å². The maximum absolute atomic E-state index is 15.2. The lowest BCUT2D eigenvalue weighted by Gasteiger charge is -2.26. The van der Waals surface area contributed by atoms with Crippen molar-refractivity contribution in [1.82, 2.24) is 4.57 Å². The van der Waals surface area contributed by atoms with Gasteiger partial charge < -0.3 is 25.0 Å². The molecule has 0 bridgehead atoms. The van der Waals surface area contributed by atoms with Crippen molar-refractivity contribution in [3.63, 3.8) is 0 Å². The quantitative estimate of drug-likeness (QED) is 0.763. The zero-order valence-electron chi connectivity index (χ0n) is 16.5. The minimum atomic E-state index is -1.49. The summed E-state index contributed by atoms with van der Waals surface area (Å²) in [5.41, 5.74) is 3.91. The highest BCUT2D eigenvalue weighted by molar-refractivity contribution is 5.97. The second-order valence-corrected chi connectivity index (χ2v) is 8.28. The van der Waals surface area contributed by atoms with Gasteiger partial charge in [0, 0.05) is 37.2 Å². The highest BCUT2D eigenvalue weighted by Crippen LogP contribution is 2.46. The Kier molecular flexibility index (Phi) is 4.72. The van der Waals surface area contributed by atoms with E-state index in [1.54, 1.807) is 11.8 Å². The van der Waals surface area contributed by atoms with E-state index in [-0.39, 0.29) is 41.9 Å². The number of carboxylic acid groups (broad SMARTS) is 1. The first-order valence-electron chi connectivity index (χ1n) is 9.53. The Balaban J connectivity index is 2.01. The molecule has 1 unspecified atom stereocenters. The van der Waals surface area contributed by atoms with Crippen LogP contribution in [0.25, 0.3) is 10.9 Å². The number of nitrogens with zero attached hydrogens (tertiary/aromatic N) is 2. The number of nitrogens with two attached hydrogens (primary N) is 1. The molecule has 1 aliphatic carbocycles. The summed E-state index contributed by atoms with van der Waals surface area (Å²) in [5.74, 6) is -2.88. The van der Waals surface area contributed by atoms with Gasteiger partial charge in [0.25, 0.3) is 0 Å². The Bertz CT molecular complexity index is 1100. The monoisotopic (exact) mass is 425 g/mol. The molecule has 1 saturated carbocycles. The summed E-state index contributed by atoms with van der Waals surface area (Å²) in [4.78, 5) is 25.8. The summed E-state index contributed by atoms with van der Waals surface area (Å²) in [7, 11) is 1.28. The minimum absolute atomic E-state index is 0.00934. The molecule has 2 fully saturated rings. The summed E-state index contributed by atoms with van der Waals surface area (Å²) >= 11 is 0. The van der Waals surface area contributed by atoms with Crippen LogP contribution in [0.1, 0.15) is 29.7 Å². The number of carboxylic acids is 1. The molecule has 4 atom stereocenters. The molecule has 0 spiro atoms. The third-order valence-electron chi connectivity index (χ3n) is 6.08. The van der Waals surface area contributed by atoms with Gasteiger partial charge in [-0.25, -0.2) is 13.6 Å². The van der Waals surface area contributed by atoms with Crippen molar-refractivity contribution in [3.05, 3.63) is 33.9 Å². The van der Waals surface area contributed by atoms with Crippen LogP contribution in [0.15, 0.2) is 17.1 Å². The molecular weight excluding hydrogens is 403 g/mol. The van der Waals surface area contributed by atoms with Crippen molar-refractivity contribution in [3.8, 4) is 5.75 Å². The van der Waals surface area contributed by atoms with E-state index in [9.17, 15) is 23.5 Å². The molecular formula is C20H22F3N3O4. The first-order chi connectivity index (χ1) is 14.1. The average molecular weight is 425 g/mol. The van der Waals surface area contributed by atoms with Crippen molar-refractivity contribution in [2.75, 3.05) is 31.8 Å². The van der Waals surface area contributed by atoms with Crippen LogP contribution in [0.5, 0.6) is 5.75 Å². The number of pyridine rings is 1. The van der Waals surface area contributed by atoms with Gasteiger partial charge in [0.2, 0.25) is 5.43 Å². The van der Waals surface area contributed by atoms with E-state index in [2.05, 4.69) is 0 Å². The van der Waals surface area contributed by atoms with E-state index in [0.717, 1.165) is 12.3 Å². The predicted molar refractivity (Wildman–Crippen MR) is 104 cm³/mol. The van der Waals surface area contributed by atoms with Crippen LogP contribution in [0.2, 0.25) is 0 Å². The Morgan fingerprint density at radius 2 is 2.13 bits per heavy atom. The van der Waals surface area contributed by atoms with Crippen molar-refractivity contribution in [2.45, 2.75) is 31.1 Å². The normalized spacial score (nSPS) is 28.2. The van der Waals surface area contributed by atoms with E-state index >= 15 is 4.39 Å². The maximum atomic E-state index is 15.2. The largest absolute Gasteiger partial charge is 0.492 e. The van der Waals surface area contributed by atoms with Crippen LogP contribution >= 0.6 is 0 Å². The lowest BCUT2D eigenvalue weighted by Crippen LogP contribution is -2.45. The topological polar surface area (TPSA) is 97.8 Å². The molecule has 1 aromatic heterocycles. The van der Waals surface area contributed by atoms with Gasteiger partial charge in [-0.2, -0.15) is 0 Å². The molecule has 7 nitrogen and oxygen atoms in total. The van der Waals surface area contributed by atoms with Gasteiger partial charge in [-0.1, -0.05) is 0 Å². The molecule has 2 aromatic rings. The van der Waals surface area contributed by atoms with Crippen LogP contribution in [0, 0.1) is 11.7 Å². The number of fused-ring (bicyclic) bond motifs is 1. The average Bonchev–Trinajstić information content (AvgIpc) is 3.31. The molecule has 4 rings (SSSR count). The first-order valence-corrected chi connectivity index (χ1v) is 9.53. The molecule has 1 aromatic carbocycles. The summed E-state index contributed by atoms with van der Waals surface area (Å²) in [6, 6.07) is 0.250. The highest BCUT2D eigenvalue weighted by atomic mass is 19.1. The number of anilines is 1. The number of methoxy groups -OCH3 is 1. The van der Waals surface area contributed by atoms with Crippen LogP contribution < -0.4 is 20.8 Å². The molecule has 162 valence electrons. The van der Waals surface area contributed by atoms with E-state index in [0.29, 0.717) is 0 Å². The van der Waals surface area contributed by atoms with Gasteiger partial charge in [0.05, 0.1) is 30.7 Å². The number of aromatic carboxylic acids is 1. The van der Waals surface area contributed by atoms with Crippen molar-refractivity contribution in [1.29, 1.82) is 0 Å². The van der Waals surface area contributed by atoms with Gasteiger partial charge in [0.1, 0.15) is 17.4 Å². The summed E-state index contributed by atoms with van der Waals surface area (Å²) in [6.45, 7) is 1.27. The zero-order valence-corrected chi connectivity index (χ0v) is 16.5. The molecule has 2 aliphatic rings. The second kappa shape index (κ2) is 6.90. The fraction of sp³-hybridized carbons (Fsp3) is 0.500. The SMILES string of the molecule is COc1c(N2C[C@@H](CF)[C@@](C)(N)C2)c(F)cc2c(=O)c(C(=O)O)cn(C3C[C@@H]3F)c12. The first kappa shape index (κ1) is 20.5. The summed E-state index contributed by atoms with van der Waals surface area (Å²) < 4.78 is 49.3. The predicted octanol–water partition coefficient (Wildman–Crippen LogP) is 2.25. The summed E-state index contributed by atoms with van der Waals surface area (Å²) in [5, 5.41) is 9.15. The van der Waals surface area contributed by atoms with Crippen LogP contribution in [-0.4, -0.2) is 54.2 Å². The number of alkyl halides is 2. The van der Waals surface area contributed by atoms with E-state index < -0.39 is 53.1 Å². The third kappa shape index (κ3) is 3.01. The highest BCUT2D eigenvalue weighted by Gasteiger charge is 2.44. The number of rotatable bonds is 5. The molecule has 30 heavy (non-hydrogen) atoms. The van der Waals surface area contributed by atoms with E-state index in [1.807, 2.05) is 0 Å². The molecule has 2 heterocycles. The number of ether oxygens (including phenoxy) is 1. The molecule has 0 radical (unpaired) electrons. The van der Waals surface area contributed by atoms with Crippen LogP contribution in [0.3, 0.4) is 0 Å². The van der Waals surface area contributed by atoms with Gasteiger partial charge >= 0.3 is 5.97 Å². The van der Waals surface area contributed by atoms with Crippen LogP contribution in [0.4, 0.5) is 18.9 Å². The number of benzene rings is 1. The lowest BCUT2D eigenvalue weighted by molar-refractivity contribution is 0.0694. The number of carbonyl (C=O) groups is 1. The van der Waals surface area contributed by atoms with E-state index in [4.69, 9.17) is 10.5 Å². The van der Waals surface area contributed by atoms with Gasteiger partial charge in [-0.15, -0.1) is 0 Å². The Hall–Kier alpha value is -2.75. The van der Waals surface area contributed by atoms with Crippen molar-refractivity contribution < 1.29 is 27.8 Å². The summed E-state index contributed by atoms with van der Waals surface area (Å²) in [6.07, 6.45) is -0.00449.